The molecule has 1 aliphatic rings. The van der Waals surface area contributed by atoms with Gasteiger partial charge in [0.1, 0.15) is 5.75 Å². The molecular formula is C27H28F4O. The van der Waals surface area contributed by atoms with Crippen LogP contribution in [0, 0.1) is 17.6 Å². The highest BCUT2D eigenvalue weighted by atomic mass is 19.3. The van der Waals surface area contributed by atoms with Crippen LogP contribution < -0.4 is 4.74 Å². The molecule has 0 aromatic heterocycles. The number of fused-ring (bicyclic) bond motifs is 3. The molecule has 1 aliphatic heterocycles. The van der Waals surface area contributed by atoms with Crippen molar-refractivity contribution in [1.82, 2.24) is 0 Å². The van der Waals surface area contributed by atoms with Crippen LogP contribution in [0.25, 0.3) is 21.9 Å². The van der Waals surface area contributed by atoms with E-state index in [1.807, 2.05) is 19.1 Å². The summed E-state index contributed by atoms with van der Waals surface area (Å²) >= 11 is 0. The first-order valence-electron chi connectivity index (χ1n) is 11.5. The lowest BCUT2D eigenvalue weighted by Crippen LogP contribution is -2.39. The van der Waals surface area contributed by atoms with Crippen LogP contribution in [0.15, 0.2) is 42.5 Å². The van der Waals surface area contributed by atoms with Crippen LogP contribution >= 0.6 is 0 Å². The monoisotopic (exact) mass is 444 g/mol. The van der Waals surface area contributed by atoms with Crippen LogP contribution in [0.5, 0.6) is 5.75 Å². The van der Waals surface area contributed by atoms with Gasteiger partial charge in [0.25, 0.3) is 0 Å². The molecule has 0 fully saturated rings. The molecule has 4 rings (SSSR count). The lowest BCUT2D eigenvalue weighted by atomic mass is 9.88. The lowest BCUT2D eigenvalue weighted by molar-refractivity contribution is -0.224. The Bertz CT molecular complexity index is 1110. The fourth-order valence-corrected chi connectivity index (χ4v) is 4.58. The third-order valence-electron chi connectivity index (χ3n) is 6.36. The Hall–Kier alpha value is -2.56. The summed E-state index contributed by atoms with van der Waals surface area (Å²) in [6.45, 7) is 4.09. The second-order valence-electron chi connectivity index (χ2n) is 8.71. The molecule has 5 heteroatoms. The molecular weight excluding hydrogens is 416 g/mol. The van der Waals surface area contributed by atoms with E-state index in [2.05, 4.69) is 6.92 Å². The summed E-state index contributed by atoms with van der Waals surface area (Å²) in [6, 6.07) is 12.2. The van der Waals surface area contributed by atoms with E-state index in [0.29, 0.717) is 29.4 Å². The molecule has 3 aromatic carbocycles. The Morgan fingerprint density at radius 1 is 0.938 bits per heavy atom. The van der Waals surface area contributed by atoms with Gasteiger partial charge in [0.05, 0.1) is 11.3 Å². The Labute approximate surface area is 186 Å². The Kier molecular flexibility index (Phi) is 6.45. The number of benzene rings is 3. The second kappa shape index (κ2) is 9.13. The zero-order valence-electron chi connectivity index (χ0n) is 18.5. The van der Waals surface area contributed by atoms with Gasteiger partial charge in [-0.25, -0.2) is 8.78 Å². The van der Waals surface area contributed by atoms with E-state index in [0.717, 1.165) is 31.2 Å². The summed E-state index contributed by atoms with van der Waals surface area (Å²) in [4.78, 5) is 0. The van der Waals surface area contributed by atoms with E-state index < -0.39 is 23.7 Å². The SMILES string of the molecule is CCCCCC1Cc2ccc3cc(-c4ccc(CCC)cc4)c(F)c(F)c3c2OC1(F)F. The van der Waals surface area contributed by atoms with Crippen LogP contribution in [-0.4, -0.2) is 6.11 Å². The largest absolute Gasteiger partial charge is 0.431 e. The van der Waals surface area contributed by atoms with Crippen molar-refractivity contribution < 1.29 is 22.3 Å². The molecule has 0 bridgehead atoms. The number of rotatable bonds is 7. The van der Waals surface area contributed by atoms with Crippen molar-refractivity contribution in [2.75, 3.05) is 0 Å². The van der Waals surface area contributed by atoms with E-state index in [-0.39, 0.29) is 23.1 Å². The van der Waals surface area contributed by atoms with Crippen LogP contribution in [0.2, 0.25) is 0 Å². The molecule has 0 radical (unpaired) electrons. The molecule has 3 aromatic rings. The summed E-state index contributed by atoms with van der Waals surface area (Å²) in [6.07, 6.45) is 1.41. The number of halogens is 4. The quantitative estimate of drug-likeness (QED) is 0.262. The lowest BCUT2D eigenvalue weighted by Gasteiger charge is -2.33. The van der Waals surface area contributed by atoms with Gasteiger partial charge in [0.2, 0.25) is 0 Å². The topological polar surface area (TPSA) is 9.23 Å². The fourth-order valence-electron chi connectivity index (χ4n) is 4.58. The van der Waals surface area contributed by atoms with E-state index in [1.54, 1.807) is 24.3 Å². The summed E-state index contributed by atoms with van der Waals surface area (Å²) in [5.74, 6) is -3.40. The standard InChI is InChI=1S/C27H28F4O/c1-3-5-6-8-21-15-20-14-13-19-16-22(18-11-9-17(7-4-2)10-12-18)24(28)25(29)23(19)26(20)32-27(21,30)31/h9-14,16,21H,3-8,15H2,1-2H3. The molecule has 1 unspecified atom stereocenters. The maximum Gasteiger partial charge on any atom is 0.401 e. The van der Waals surface area contributed by atoms with Crippen molar-refractivity contribution in [3.05, 3.63) is 65.2 Å². The highest BCUT2D eigenvalue weighted by molar-refractivity contribution is 5.94. The molecule has 0 N–H and O–H groups in total. The average molecular weight is 445 g/mol. The van der Waals surface area contributed by atoms with Gasteiger partial charge >= 0.3 is 6.11 Å². The summed E-state index contributed by atoms with van der Waals surface area (Å²) < 4.78 is 64.9. The summed E-state index contributed by atoms with van der Waals surface area (Å²) in [5.41, 5.74) is 2.28. The molecule has 0 aliphatic carbocycles. The summed E-state index contributed by atoms with van der Waals surface area (Å²) in [7, 11) is 0. The molecule has 1 atom stereocenters. The van der Waals surface area contributed by atoms with E-state index in [1.165, 1.54) is 6.07 Å². The van der Waals surface area contributed by atoms with Crippen molar-refractivity contribution in [3.8, 4) is 16.9 Å². The van der Waals surface area contributed by atoms with Crippen molar-refractivity contribution >= 4 is 10.8 Å². The van der Waals surface area contributed by atoms with E-state index >= 15 is 8.78 Å². The summed E-state index contributed by atoms with van der Waals surface area (Å²) in [5, 5.41) is 0.133. The zero-order valence-corrected chi connectivity index (χ0v) is 18.5. The zero-order chi connectivity index (χ0) is 22.9. The van der Waals surface area contributed by atoms with Crippen molar-refractivity contribution in [2.24, 2.45) is 5.92 Å². The predicted molar refractivity (Wildman–Crippen MR) is 120 cm³/mol. The Balaban J connectivity index is 1.74. The number of ether oxygens (including phenoxy) is 1. The third-order valence-corrected chi connectivity index (χ3v) is 6.36. The van der Waals surface area contributed by atoms with Crippen LogP contribution in [0.1, 0.15) is 57.1 Å². The fraction of sp³-hybridized carbons (Fsp3) is 0.407. The van der Waals surface area contributed by atoms with Crippen molar-refractivity contribution in [3.63, 3.8) is 0 Å². The maximum atomic E-state index is 15.2. The van der Waals surface area contributed by atoms with E-state index in [9.17, 15) is 8.78 Å². The normalized spacial score (nSPS) is 17.2. The molecule has 0 saturated heterocycles. The molecule has 0 spiro atoms. The number of aryl methyl sites for hydroxylation is 1. The van der Waals surface area contributed by atoms with Gasteiger partial charge in [-0.05, 0) is 47.4 Å². The molecule has 1 nitrogen and oxygen atoms in total. The smallest absolute Gasteiger partial charge is 0.401 e. The van der Waals surface area contributed by atoms with Crippen LogP contribution in [0.4, 0.5) is 17.6 Å². The molecule has 170 valence electrons. The van der Waals surface area contributed by atoms with Gasteiger partial charge in [-0.15, -0.1) is 0 Å². The number of unbranched alkanes of at least 4 members (excludes halogenated alkanes) is 2. The first-order chi connectivity index (χ1) is 15.4. The molecule has 32 heavy (non-hydrogen) atoms. The highest BCUT2D eigenvalue weighted by Crippen LogP contribution is 2.46. The Morgan fingerprint density at radius 3 is 2.38 bits per heavy atom. The first kappa shape index (κ1) is 22.6. The van der Waals surface area contributed by atoms with Gasteiger partial charge in [-0.2, -0.15) is 8.78 Å². The predicted octanol–water partition coefficient (Wildman–Crippen LogP) is 8.46. The molecule has 0 saturated carbocycles. The minimum Gasteiger partial charge on any atom is -0.431 e. The second-order valence-corrected chi connectivity index (χ2v) is 8.71. The first-order valence-corrected chi connectivity index (χ1v) is 11.5. The minimum atomic E-state index is -3.41. The van der Waals surface area contributed by atoms with Gasteiger partial charge in [-0.1, -0.05) is 75.9 Å². The highest BCUT2D eigenvalue weighted by Gasteiger charge is 2.46. The van der Waals surface area contributed by atoms with E-state index in [4.69, 9.17) is 4.74 Å². The number of hydrogen-bond acceptors (Lipinski definition) is 1. The third kappa shape index (κ3) is 4.22. The number of hydrogen-bond donors (Lipinski definition) is 0. The van der Waals surface area contributed by atoms with Crippen LogP contribution in [0.3, 0.4) is 0 Å². The van der Waals surface area contributed by atoms with Gasteiger partial charge in [0, 0.05) is 5.56 Å². The van der Waals surface area contributed by atoms with Gasteiger partial charge in [0.15, 0.2) is 11.6 Å². The maximum absolute atomic E-state index is 15.2. The minimum absolute atomic E-state index is 0.0870. The van der Waals surface area contributed by atoms with Gasteiger partial charge < -0.3 is 4.74 Å². The van der Waals surface area contributed by atoms with Gasteiger partial charge in [-0.3, -0.25) is 0 Å². The Morgan fingerprint density at radius 2 is 1.69 bits per heavy atom. The molecule has 0 amide bonds. The van der Waals surface area contributed by atoms with Crippen molar-refractivity contribution in [1.29, 1.82) is 0 Å². The van der Waals surface area contributed by atoms with Crippen LogP contribution in [-0.2, 0) is 12.8 Å². The number of alkyl halides is 2. The molecule has 1 heterocycles. The average Bonchev–Trinajstić information content (AvgIpc) is 2.77. The van der Waals surface area contributed by atoms with Crippen molar-refractivity contribution in [2.45, 2.75) is 64.9 Å².